The minimum absolute atomic E-state index is 0.138. The van der Waals surface area contributed by atoms with Crippen LogP contribution >= 0.6 is 11.6 Å². The van der Waals surface area contributed by atoms with Gasteiger partial charge in [-0.1, -0.05) is 11.6 Å². The maximum atomic E-state index is 12.0. The van der Waals surface area contributed by atoms with Crippen molar-refractivity contribution in [1.82, 2.24) is 0 Å². The molecule has 0 saturated carbocycles. The average molecular weight is 339 g/mol. The molecule has 0 aromatic heterocycles. The Balaban J connectivity index is 4.13. The normalized spacial score (nSPS) is 11.5. The van der Waals surface area contributed by atoms with Crippen LogP contribution in [-0.4, -0.2) is 43.0 Å². The third-order valence-corrected chi connectivity index (χ3v) is 2.39. The van der Waals surface area contributed by atoms with E-state index >= 15 is 0 Å². The first-order valence-electron chi connectivity index (χ1n) is 6.72. The summed E-state index contributed by atoms with van der Waals surface area (Å²) in [4.78, 5) is 34.5. The highest BCUT2D eigenvalue weighted by atomic mass is 35.5. The quantitative estimate of drug-likeness (QED) is 0.305. The first-order valence-corrected chi connectivity index (χ1v) is 7.26. The summed E-state index contributed by atoms with van der Waals surface area (Å²) in [5.41, 5.74) is -1.64. The van der Waals surface area contributed by atoms with Crippen LogP contribution in [0.25, 0.3) is 0 Å². The lowest BCUT2D eigenvalue weighted by Gasteiger charge is -2.27. The topological polar surface area (TPSA) is 88.1 Å². The highest BCUT2D eigenvalue weighted by molar-refractivity contribution is 6.17. The van der Waals surface area contributed by atoms with Crippen LogP contribution in [0, 0.1) is 5.41 Å². The Morgan fingerprint density at radius 1 is 0.909 bits per heavy atom. The van der Waals surface area contributed by atoms with Crippen LogP contribution < -0.4 is 0 Å². The van der Waals surface area contributed by atoms with Crippen molar-refractivity contribution >= 4 is 29.7 Å². The molecule has 0 amide bonds. The van der Waals surface area contributed by atoms with Gasteiger partial charge in [0.15, 0.2) is 6.07 Å². The van der Waals surface area contributed by atoms with Crippen LogP contribution in [-0.2, 0) is 28.5 Å². The van der Waals surface area contributed by atoms with Gasteiger partial charge in [-0.2, -0.15) is 0 Å². The summed E-state index contributed by atoms with van der Waals surface area (Å²) in [6.45, 7) is 8.13. The SMILES string of the molecule is CC(C)(C)OC(=O)C(C)(C)CC(=O)OCCOC(=O)OCCl. The third-order valence-electron chi connectivity index (χ3n) is 2.28. The number of carbonyl (C=O) groups excluding carboxylic acids is 3. The first kappa shape index (κ1) is 20.5. The van der Waals surface area contributed by atoms with Gasteiger partial charge in [-0.3, -0.25) is 9.59 Å². The van der Waals surface area contributed by atoms with Gasteiger partial charge in [0.1, 0.15) is 18.8 Å². The zero-order chi connectivity index (χ0) is 17.4. The van der Waals surface area contributed by atoms with Gasteiger partial charge < -0.3 is 18.9 Å². The summed E-state index contributed by atoms with van der Waals surface area (Å²) in [7, 11) is 0. The van der Waals surface area contributed by atoms with Crippen molar-refractivity contribution in [3.8, 4) is 0 Å². The van der Waals surface area contributed by atoms with Gasteiger partial charge in [-0.15, -0.1) is 0 Å². The Bertz CT molecular complexity index is 398. The van der Waals surface area contributed by atoms with Gasteiger partial charge in [0.25, 0.3) is 0 Å². The van der Waals surface area contributed by atoms with Crippen LogP contribution in [0.4, 0.5) is 4.79 Å². The van der Waals surface area contributed by atoms with Gasteiger partial charge in [-0.05, 0) is 34.6 Å². The van der Waals surface area contributed by atoms with Crippen molar-refractivity contribution in [3.05, 3.63) is 0 Å². The summed E-state index contributed by atoms with van der Waals surface area (Å²) in [5.74, 6) is -1.08. The second-order valence-electron chi connectivity index (χ2n) is 6.13. The molecular weight excluding hydrogens is 316 g/mol. The van der Waals surface area contributed by atoms with E-state index < -0.39 is 29.1 Å². The summed E-state index contributed by atoms with van der Waals surface area (Å²) in [6, 6.07) is -0.317. The number of ether oxygens (including phenoxy) is 4. The number of rotatable bonds is 7. The van der Waals surface area contributed by atoms with Crippen LogP contribution in [0.15, 0.2) is 0 Å². The molecule has 0 aliphatic rings. The van der Waals surface area contributed by atoms with E-state index in [0.29, 0.717) is 0 Å². The molecule has 0 fully saturated rings. The second-order valence-corrected chi connectivity index (χ2v) is 6.35. The number of esters is 2. The molecule has 0 spiro atoms. The van der Waals surface area contributed by atoms with E-state index in [0.717, 1.165) is 0 Å². The largest absolute Gasteiger partial charge is 0.509 e. The van der Waals surface area contributed by atoms with Gasteiger partial charge >= 0.3 is 18.1 Å². The zero-order valence-electron chi connectivity index (χ0n) is 13.6. The predicted molar refractivity (Wildman–Crippen MR) is 78.4 cm³/mol. The van der Waals surface area contributed by atoms with Crippen molar-refractivity contribution in [2.75, 3.05) is 19.3 Å². The molecule has 22 heavy (non-hydrogen) atoms. The molecule has 0 unspecified atom stereocenters. The lowest BCUT2D eigenvalue weighted by atomic mass is 9.89. The predicted octanol–water partition coefficient (Wildman–Crippen LogP) is 2.64. The fraction of sp³-hybridized carbons (Fsp3) is 0.786. The minimum Gasteiger partial charge on any atom is -0.462 e. The number of alkyl halides is 1. The van der Waals surface area contributed by atoms with Gasteiger partial charge in [-0.25, -0.2) is 4.79 Å². The Kier molecular flexibility index (Phi) is 8.22. The van der Waals surface area contributed by atoms with Crippen molar-refractivity contribution in [1.29, 1.82) is 0 Å². The Morgan fingerprint density at radius 3 is 1.95 bits per heavy atom. The Morgan fingerprint density at radius 2 is 1.45 bits per heavy atom. The fourth-order valence-electron chi connectivity index (χ4n) is 1.27. The van der Waals surface area contributed by atoms with E-state index in [9.17, 15) is 14.4 Å². The number of halogens is 1. The number of hydrogen-bond acceptors (Lipinski definition) is 7. The molecule has 0 N–H and O–H groups in total. The number of hydrogen-bond donors (Lipinski definition) is 0. The molecule has 0 rings (SSSR count). The van der Waals surface area contributed by atoms with E-state index in [2.05, 4.69) is 9.47 Å². The van der Waals surface area contributed by atoms with E-state index in [1.54, 1.807) is 34.6 Å². The maximum absolute atomic E-state index is 12.0. The van der Waals surface area contributed by atoms with Crippen molar-refractivity contribution in [2.24, 2.45) is 5.41 Å². The van der Waals surface area contributed by atoms with E-state index in [-0.39, 0.29) is 25.7 Å². The molecule has 0 aromatic rings. The fourth-order valence-corrected chi connectivity index (χ4v) is 1.36. The van der Waals surface area contributed by atoms with Crippen LogP contribution in [0.3, 0.4) is 0 Å². The van der Waals surface area contributed by atoms with E-state index in [4.69, 9.17) is 21.1 Å². The van der Waals surface area contributed by atoms with Crippen molar-refractivity contribution < 1.29 is 33.3 Å². The Hall–Kier alpha value is -1.50. The summed E-state index contributed by atoms with van der Waals surface area (Å²) in [5, 5.41) is 0. The smallest absolute Gasteiger partial charge is 0.462 e. The lowest BCUT2D eigenvalue weighted by Crippen LogP contribution is -2.35. The van der Waals surface area contributed by atoms with Crippen LogP contribution in [0.1, 0.15) is 41.0 Å². The van der Waals surface area contributed by atoms with E-state index in [1.165, 1.54) is 0 Å². The molecule has 0 heterocycles. The monoisotopic (exact) mass is 338 g/mol. The standard InChI is InChI=1S/C14H23ClO7/c1-13(2,3)22-11(17)14(4,5)8-10(16)19-6-7-20-12(18)21-9-15/h6-9H2,1-5H3. The molecule has 0 radical (unpaired) electrons. The van der Waals surface area contributed by atoms with Gasteiger partial charge in [0.05, 0.1) is 11.8 Å². The molecule has 7 nitrogen and oxygen atoms in total. The molecule has 0 aromatic carbocycles. The molecule has 0 aliphatic heterocycles. The molecular formula is C14H23ClO7. The van der Waals surface area contributed by atoms with Gasteiger partial charge in [0.2, 0.25) is 0 Å². The zero-order valence-corrected chi connectivity index (χ0v) is 14.3. The van der Waals surface area contributed by atoms with Crippen LogP contribution in [0.5, 0.6) is 0 Å². The summed E-state index contributed by atoms with van der Waals surface area (Å²) < 4.78 is 19.0. The molecule has 0 atom stereocenters. The molecule has 128 valence electrons. The number of carbonyl (C=O) groups is 3. The van der Waals surface area contributed by atoms with Crippen molar-refractivity contribution in [3.63, 3.8) is 0 Å². The van der Waals surface area contributed by atoms with Gasteiger partial charge in [0, 0.05) is 0 Å². The Labute approximate surface area is 135 Å². The third kappa shape index (κ3) is 9.44. The summed E-state index contributed by atoms with van der Waals surface area (Å²) >= 11 is 5.16. The molecule has 0 aliphatic carbocycles. The summed E-state index contributed by atoms with van der Waals surface area (Å²) in [6.07, 6.45) is -1.09. The minimum atomic E-state index is -1.01. The molecule has 0 saturated heterocycles. The van der Waals surface area contributed by atoms with E-state index in [1.807, 2.05) is 0 Å². The maximum Gasteiger partial charge on any atom is 0.509 e. The van der Waals surface area contributed by atoms with Crippen molar-refractivity contribution in [2.45, 2.75) is 46.6 Å². The average Bonchev–Trinajstić information content (AvgIpc) is 2.32. The first-order chi connectivity index (χ1) is 9.98. The molecule has 8 heteroatoms. The highest BCUT2D eigenvalue weighted by Gasteiger charge is 2.35. The molecule has 0 bridgehead atoms. The van der Waals surface area contributed by atoms with Crippen LogP contribution in [0.2, 0.25) is 0 Å². The second kappa shape index (κ2) is 8.82. The highest BCUT2D eigenvalue weighted by Crippen LogP contribution is 2.25. The lowest BCUT2D eigenvalue weighted by molar-refractivity contribution is -0.170.